The highest BCUT2D eigenvalue weighted by atomic mass is 32.2. The summed E-state index contributed by atoms with van der Waals surface area (Å²) in [6.45, 7) is 5.56. The summed E-state index contributed by atoms with van der Waals surface area (Å²) < 4.78 is 28.5. The van der Waals surface area contributed by atoms with Crippen LogP contribution in [-0.2, 0) is 10.0 Å². The number of fused-ring (bicyclic) bond motifs is 1. The summed E-state index contributed by atoms with van der Waals surface area (Å²) in [5.74, 6) is 0. The lowest BCUT2D eigenvalue weighted by molar-refractivity contribution is 0.600. The molecule has 0 aliphatic rings. The largest absolute Gasteiger partial charge is 0.279 e. The zero-order valence-corrected chi connectivity index (χ0v) is 17.4. The Hall–Kier alpha value is -2.77. The van der Waals surface area contributed by atoms with E-state index < -0.39 is 10.0 Å². The van der Waals surface area contributed by atoms with Crippen molar-refractivity contribution >= 4 is 37.4 Å². The summed E-state index contributed by atoms with van der Waals surface area (Å²) in [6, 6.07) is 14.8. The third kappa shape index (κ3) is 3.50. The van der Waals surface area contributed by atoms with Gasteiger partial charge in [-0.3, -0.25) is 4.72 Å². The molecule has 0 atom stereocenters. The van der Waals surface area contributed by atoms with Crippen LogP contribution in [0.4, 0.5) is 5.69 Å². The lowest BCUT2D eigenvalue weighted by Gasteiger charge is -2.13. The zero-order valence-electron chi connectivity index (χ0n) is 15.7. The van der Waals surface area contributed by atoms with Crippen LogP contribution in [0.1, 0.15) is 16.7 Å². The minimum atomic E-state index is -3.66. The summed E-state index contributed by atoms with van der Waals surface area (Å²) in [5.41, 5.74) is 4.81. The predicted octanol–water partition coefficient (Wildman–Crippen LogP) is 5.08. The molecule has 1 N–H and O–H groups in total. The second kappa shape index (κ2) is 7.00. The van der Waals surface area contributed by atoms with Crippen molar-refractivity contribution in [2.75, 3.05) is 4.72 Å². The molecule has 0 fully saturated rings. The molecular weight excluding hydrogens is 390 g/mol. The van der Waals surface area contributed by atoms with E-state index >= 15 is 0 Å². The summed E-state index contributed by atoms with van der Waals surface area (Å²) >= 11 is 1.52. The van der Waals surface area contributed by atoms with Gasteiger partial charge in [0, 0.05) is 11.8 Å². The number of pyridine rings is 1. The molecule has 0 unspecified atom stereocenters. The molecule has 5 nitrogen and oxygen atoms in total. The van der Waals surface area contributed by atoms with E-state index in [1.807, 2.05) is 50.2 Å². The average molecular weight is 410 g/mol. The fourth-order valence-electron chi connectivity index (χ4n) is 3.00. The molecule has 7 heteroatoms. The third-order valence-electron chi connectivity index (χ3n) is 4.52. The maximum atomic E-state index is 12.9. The number of aryl methyl sites for hydroxylation is 3. The van der Waals surface area contributed by atoms with Gasteiger partial charge in [0.15, 0.2) is 0 Å². The van der Waals surface area contributed by atoms with E-state index in [2.05, 4.69) is 14.7 Å². The number of hydrogen-bond donors (Lipinski definition) is 1. The van der Waals surface area contributed by atoms with Crippen LogP contribution >= 0.6 is 11.3 Å². The van der Waals surface area contributed by atoms with Crippen molar-refractivity contribution in [2.24, 2.45) is 0 Å². The van der Waals surface area contributed by atoms with E-state index in [1.54, 1.807) is 25.3 Å². The Bertz CT molecular complexity index is 1260. The van der Waals surface area contributed by atoms with E-state index in [1.165, 1.54) is 11.3 Å². The Morgan fingerprint density at radius 1 is 0.964 bits per heavy atom. The molecule has 4 aromatic rings. The normalized spacial score (nSPS) is 11.7. The fraction of sp³-hybridized carbons (Fsp3) is 0.143. The van der Waals surface area contributed by atoms with E-state index in [0.29, 0.717) is 16.1 Å². The number of aromatic nitrogens is 2. The SMILES string of the molecule is Cc1ccc(C)c(S(=O)(=O)Nc2ccc(-c3nc4cccnc4s3)cc2C)c1. The monoisotopic (exact) mass is 409 g/mol. The summed E-state index contributed by atoms with van der Waals surface area (Å²) in [7, 11) is -3.66. The first kappa shape index (κ1) is 18.6. The van der Waals surface area contributed by atoms with Crippen LogP contribution in [0.2, 0.25) is 0 Å². The topological polar surface area (TPSA) is 72.0 Å². The minimum Gasteiger partial charge on any atom is -0.279 e. The minimum absolute atomic E-state index is 0.299. The Morgan fingerprint density at radius 2 is 1.79 bits per heavy atom. The number of nitrogens with one attached hydrogen (secondary N) is 1. The third-order valence-corrected chi connectivity index (χ3v) is 7.05. The molecular formula is C21H19N3O2S2. The van der Waals surface area contributed by atoms with Crippen LogP contribution in [0.5, 0.6) is 0 Å². The molecule has 0 amide bonds. The van der Waals surface area contributed by atoms with Gasteiger partial charge in [-0.15, -0.1) is 0 Å². The molecule has 2 heterocycles. The molecule has 0 radical (unpaired) electrons. The summed E-state index contributed by atoms with van der Waals surface area (Å²) in [6.07, 6.45) is 1.75. The van der Waals surface area contributed by atoms with E-state index in [9.17, 15) is 8.42 Å². The van der Waals surface area contributed by atoms with E-state index in [-0.39, 0.29) is 0 Å². The molecule has 0 saturated carbocycles. The molecule has 4 rings (SSSR count). The van der Waals surface area contributed by atoms with E-state index in [4.69, 9.17) is 0 Å². The van der Waals surface area contributed by atoms with E-state index in [0.717, 1.165) is 32.0 Å². The van der Waals surface area contributed by atoms with Crippen molar-refractivity contribution in [3.8, 4) is 10.6 Å². The highest BCUT2D eigenvalue weighted by Gasteiger charge is 2.18. The highest BCUT2D eigenvalue weighted by Crippen LogP contribution is 2.31. The maximum absolute atomic E-state index is 12.9. The lowest BCUT2D eigenvalue weighted by atomic mass is 10.1. The van der Waals surface area contributed by atoms with Crippen molar-refractivity contribution in [3.05, 3.63) is 71.4 Å². The number of rotatable bonds is 4. The maximum Gasteiger partial charge on any atom is 0.262 e. The summed E-state index contributed by atoms with van der Waals surface area (Å²) in [4.78, 5) is 10.1. The average Bonchev–Trinajstić information content (AvgIpc) is 3.09. The van der Waals surface area contributed by atoms with Gasteiger partial charge in [-0.25, -0.2) is 18.4 Å². The lowest BCUT2D eigenvalue weighted by Crippen LogP contribution is -2.15. The van der Waals surface area contributed by atoms with Crippen molar-refractivity contribution in [1.82, 2.24) is 9.97 Å². The molecule has 0 aliphatic heterocycles. The van der Waals surface area contributed by atoms with Crippen molar-refractivity contribution in [3.63, 3.8) is 0 Å². The van der Waals surface area contributed by atoms with Crippen LogP contribution in [0.25, 0.3) is 20.9 Å². The highest BCUT2D eigenvalue weighted by molar-refractivity contribution is 7.92. The number of anilines is 1. The first-order valence-electron chi connectivity index (χ1n) is 8.76. The van der Waals surface area contributed by atoms with Gasteiger partial charge in [-0.1, -0.05) is 23.5 Å². The quantitative estimate of drug-likeness (QED) is 0.510. The Balaban J connectivity index is 1.67. The number of hydrogen-bond acceptors (Lipinski definition) is 5. The van der Waals surface area contributed by atoms with Crippen molar-refractivity contribution in [2.45, 2.75) is 25.7 Å². The Kier molecular flexibility index (Phi) is 4.64. The number of thiazole rings is 1. The molecule has 0 spiro atoms. The molecule has 142 valence electrons. The van der Waals surface area contributed by atoms with Crippen LogP contribution in [0.3, 0.4) is 0 Å². The van der Waals surface area contributed by atoms with Gasteiger partial charge in [0.1, 0.15) is 15.4 Å². The molecule has 2 aromatic carbocycles. The number of nitrogens with zero attached hydrogens (tertiary/aromatic N) is 2. The molecule has 2 aromatic heterocycles. The zero-order chi connectivity index (χ0) is 19.9. The predicted molar refractivity (Wildman–Crippen MR) is 114 cm³/mol. The molecule has 0 saturated heterocycles. The van der Waals surface area contributed by atoms with Gasteiger partial charge >= 0.3 is 0 Å². The molecule has 0 bridgehead atoms. The standard InChI is InChI=1S/C21H19N3O2S2/c1-13-6-7-14(2)19(11-13)28(25,26)24-17-9-8-16(12-15(17)3)20-23-18-5-4-10-22-21(18)27-20/h4-12,24H,1-3H3. The van der Waals surface area contributed by atoms with Crippen LogP contribution < -0.4 is 4.72 Å². The van der Waals surface area contributed by atoms with Crippen LogP contribution in [0.15, 0.2) is 59.6 Å². The molecule has 0 aliphatic carbocycles. The van der Waals surface area contributed by atoms with Crippen LogP contribution in [-0.4, -0.2) is 18.4 Å². The number of sulfonamides is 1. The number of benzene rings is 2. The fourth-order valence-corrected chi connectivity index (χ4v) is 5.37. The van der Waals surface area contributed by atoms with Gasteiger partial charge in [-0.2, -0.15) is 0 Å². The van der Waals surface area contributed by atoms with Gasteiger partial charge < -0.3 is 0 Å². The first-order valence-corrected chi connectivity index (χ1v) is 11.1. The van der Waals surface area contributed by atoms with Crippen molar-refractivity contribution in [1.29, 1.82) is 0 Å². The summed E-state index contributed by atoms with van der Waals surface area (Å²) in [5, 5.41) is 0.862. The van der Waals surface area contributed by atoms with Gasteiger partial charge in [0.05, 0.1) is 10.6 Å². The molecule has 28 heavy (non-hydrogen) atoms. The second-order valence-corrected chi connectivity index (χ2v) is 9.38. The second-order valence-electron chi connectivity index (χ2n) is 6.75. The van der Waals surface area contributed by atoms with Crippen LogP contribution in [0, 0.1) is 20.8 Å². The van der Waals surface area contributed by atoms with Gasteiger partial charge in [0.25, 0.3) is 10.0 Å². The first-order chi connectivity index (χ1) is 13.3. The Morgan fingerprint density at radius 3 is 2.54 bits per heavy atom. The smallest absolute Gasteiger partial charge is 0.262 e. The Labute approximate surface area is 168 Å². The van der Waals surface area contributed by atoms with Gasteiger partial charge in [-0.05, 0) is 73.9 Å². The van der Waals surface area contributed by atoms with Gasteiger partial charge in [0.2, 0.25) is 0 Å². The van der Waals surface area contributed by atoms with Crippen molar-refractivity contribution < 1.29 is 8.42 Å².